The largest absolute Gasteiger partial charge is 0.493 e. The van der Waals surface area contributed by atoms with Gasteiger partial charge in [0.05, 0.1) is 13.0 Å². The summed E-state index contributed by atoms with van der Waals surface area (Å²) >= 11 is 0. The molecule has 0 unspecified atom stereocenters. The molecule has 0 bridgehead atoms. The maximum absolute atomic E-state index is 11.0. The highest BCUT2D eigenvalue weighted by molar-refractivity contribution is 5.69. The van der Waals surface area contributed by atoms with Crippen molar-refractivity contribution in [3.63, 3.8) is 0 Å². The number of nitrogens with two attached hydrogens (primary N) is 1. The number of nitrogens with one attached hydrogen (secondary N) is 2. The molecule has 0 saturated carbocycles. The lowest BCUT2D eigenvalue weighted by Crippen LogP contribution is -2.26. The van der Waals surface area contributed by atoms with E-state index in [1.54, 1.807) is 0 Å². The maximum Gasteiger partial charge on any atom is 0.329 e. The molecule has 6 heteroatoms. The molecule has 2 aromatic rings. The lowest BCUT2D eigenvalue weighted by Gasteiger charge is -2.08. The Kier molecular flexibility index (Phi) is 5.57. The Morgan fingerprint density at radius 3 is 2.33 bits per heavy atom. The van der Waals surface area contributed by atoms with Crippen LogP contribution in [0, 0.1) is 0 Å². The van der Waals surface area contributed by atoms with Gasteiger partial charge < -0.3 is 14.9 Å². The monoisotopic (exact) mass is 287 g/mol. The molecule has 2 rings (SSSR count). The van der Waals surface area contributed by atoms with Crippen molar-refractivity contribution in [3.05, 3.63) is 54.6 Å². The van der Waals surface area contributed by atoms with Crippen molar-refractivity contribution in [2.45, 2.75) is 6.42 Å². The van der Waals surface area contributed by atoms with E-state index in [0.29, 0.717) is 5.75 Å². The molecule has 0 aliphatic heterocycles. The fourth-order valence-corrected chi connectivity index (χ4v) is 1.69. The minimum atomic E-state index is -0.472. The summed E-state index contributed by atoms with van der Waals surface area (Å²) in [5, 5.41) is 3.27. The van der Waals surface area contributed by atoms with Crippen LogP contribution in [-0.4, -0.2) is 12.6 Å². The fraction of sp³-hybridized carbons (Fsp3) is 0.133. The highest BCUT2D eigenvalue weighted by Gasteiger charge is 2.03. The van der Waals surface area contributed by atoms with Gasteiger partial charge in [-0.2, -0.15) is 0 Å². The average molecular weight is 287 g/mol. The van der Waals surface area contributed by atoms with Crippen LogP contribution in [0.25, 0.3) is 0 Å². The number of hydrogen-bond acceptors (Lipinski definition) is 6. The van der Waals surface area contributed by atoms with Gasteiger partial charge in [0.15, 0.2) is 0 Å². The molecular weight excluding hydrogens is 270 g/mol. The minimum absolute atomic E-state index is 0.119. The third-order valence-corrected chi connectivity index (χ3v) is 2.66. The number of rotatable bonds is 7. The molecule has 21 heavy (non-hydrogen) atoms. The van der Waals surface area contributed by atoms with Crippen molar-refractivity contribution < 1.29 is 14.4 Å². The van der Waals surface area contributed by atoms with E-state index in [1.807, 2.05) is 60.2 Å². The highest BCUT2D eigenvalue weighted by Crippen LogP contribution is 2.19. The zero-order chi connectivity index (χ0) is 14.9. The summed E-state index contributed by atoms with van der Waals surface area (Å²) in [4.78, 5) is 15.4. The second-order valence-electron chi connectivity index (χ2n) is 4.21. The quantitative estimate of drug-likeness (QED) is 0.534. The van der Waals surface area contributed by atoms with Crippen molar-refractivity contribution in [2.75, 3.05) is 11.9 Å². The topological polar surface area (TPSA) is 85.6 Å². The number of carbonyl (C=O) groups is 1. The van der Waals surface area contributed by atoms with Crippen molar-refractivity contribution in [1.29, 1.82) is 0 Å². The van der Waals surface area contributed by atoms with Gasteiger partial charge in [-0.3, -0.25) is 4.79 Å². The molecule has 0 aromatic heterocycles. The van der Waals surface area contributed by atoms with E-state index >= 15 is 0 Å². The van der Waals surface area contributed by atoms with Crippen LogP contribution >= 0.6 is 0 Å². The molecule has 0 atom stereocenters. The van der Waals surface area contributed by atoms with Gasteiger partial charge >= 0.3 is 5.97 Å². The molecule has 6 nitrogen and oxygen atoms in total. The summed E-state index contributed by atoms with van der Waals surface area (Å²) in [7, 11) is 0. The molecule has 0 heterocycles. The van der Waals surface area contributed by atoms with Crippen LogP contribution in [0.2, 0.25) is 0 Å². The molecule has 4 N–H and O–H groups in total. The number of para-hydroxylation sites is 1. The van der Waals surface area contributed by atoms with Gasteiger partial charge in [0.1, 0.15) is 5.75 Å². The molecule has 0 saturated heterocycles. The zero-order valence-corrected chi connectivity index (χ0v) is 11.4. The molecule has 0 aliphatic carbocycles. The van der Waals surface area contributed by atoms with E-state index in [2.05, 4.69) is 10.2 Å². The normalized spacial score (nSPS) is 9.95. The van der Waals surface area contributed by atoms with Gasteiger partial charge in [-0.1, -0.05) is 23.8 Å². The summed E-state index contributed by atoms with van der Waals surface area (Å²) in [6.45, 7) is 0.228. The lowest BCUT2D eigenvalue weighted by atomic mass is 10.2. The molecule has 0 fully saturated rings. The first kappa shape index (κ1) is 14.8. The van der Waals surface area contributed by atoms with Gasteiger partial charge in [0.2, 0.25) is 0 Å². The second kappa shape index (κ2) is 7.88. The standard InChI is InChI=1S/C15H17N3O3/c16-18-21-15(19)10-11-20-14-8-6-13(7-9-14)17-12-4-2-1-3-5-12/h1-9,17-18H,10-11,16H2. The number of hydrogen-bond donors (Lipinski definition) is 3. The minimum Gasteiger partial charge on any atom is -0.493 e. The number of benzene rings is 2. The molecule has 2 aromatic carbocycles. The molecular formula is C15H17N3O3. The summed E-state index contributed by atoms with van der Waals surface area (Å²) in [5.74, 6) is 5.06. The number of hydrazine groups is 1. The first-order valence-electron chi connectivity index (χ1n) is 6.48. The SMILES string of the molecule is NNOC(=O)CCOc1ccc(Nc2ccccc2)cc1. The predicted molar refractivity (Wildman–Crippen MR) is 79.7 cm³/mol. The van der Waals surface area contributed by atoms with Crippen LogP contribution in [0.4, 0.5) is 11.4 Å². The zero-order valence-electron chi connectivity index (χ0n) is 11.4. The van der Waals surface area contributed by atoms with E-state index in [-0.39, 0.29) is 13.0 Å². The van der Waals surface area contributed by atoms with Crippen molar-refractivity contribution in [1.82, 2.24) is 5.59 Å². The summed E-state index contributed by atoms with van der Waals surface area (Å²) in [6, 6.07) is 17.3. The Hall–Kier alpha value is -2.57. The third-order valence-electron chi connectivity index (χ3n) is 2.66. The Balaban J connectivity index is 1.80. The molecule has 0 spiro atoms. The van der Waals surface area contributed by atoms with Crippen molar-refractivity contribution >= 4 is 17.3 Å². The Morgan fingerprint density at radius 2 is 1.67 bits per heavy atom. The van der Waals surface area contributed by atoms with Crippen molar-refractivity contribution in [3.8, 4) is 5.75 Å². The van der Waals surface area contributed by atoms with Crippen LogP contribution < -0.4 is 21.5 Å². The van der Waals surface area contributed by atoms with Crippen LogP contribution in [0.1, 0.15) is 6.42 Å². The van der Waals surface area contributed by atoms with Gasteiger partial charge in [0.25, 0.3) is 0 Å². The average Bonchev–Trinajstić information content (AvgIpc) is 2.50. The van der Waals surface area contributed by atoms with Gasteiger partial charge in [-0.25, -0.2) is 5.84 Å². The second-order valence-corrected chi connectivity index (χ2v) is 4.21. The van der Waals surface area contributed by atoms with E-state index in [0.717, 1.165) is 11.4 Å². The smallest absolute Gasteiger partial charge is 0.329 e. The molecule has 110 valence electrons. The molecule has 0 amide bonds. The summed E-state index contributed by atoms with van der Waals surface area (Å²) < 4.78 is 5.43. The van der Waals surface area contributed by atoms with E-state index < -0.39 is 5.97 Å². The van der Waals surface area contributed by atoms with E-state index in [1.165, 1.54) is 0 Å². The number of anilines is 2. The Labute approximate surface area is 122 Å². The third kappa shape index (κ3) is 5.13. The van der Waals surface area contributed by atoms with Crippen molar-refractivity contribution in [2.24, 2.45) is 5.84 Å². The van der Waals surface area contributed by atoms with Gasteiger partial charge in [0, 0.05) is 11.4 Å². The fourth-order valence-electron chi connectivity index (χ4n) is 1.69. The highest BCUT2D eigenvalue weighted by atomic mass is 16.7. The lowest BCUT2D eigenvalue weighted by molar-refractivity contribution is -0.151. The van der Waals surface area contributed by atoms with E-state index in [4.69, 9.17) is 10.6 Å². The molecule has 0 aliphatic rings. The Bertz CT molecular complexity index is 558. The number of ether oxygens (including phenoxy) is 1. The number of carbonyl (C=O) groups excluding carboxylic acids is 1. The summed E-state index contributed by atoms with van der Waals surface area (Å²) in [6.07, 6.45) is 0.119. The Morgan fingerprint density at radius 1 is 1.00 bits per heavy atom. The van der Waals surface area contributed by atoms with Crippen LogP contribution in [0.5, 0.6) is 5.75 Å². The first-order valence-corrected chi connectivity index (χ1v) is 6.48. The molecule has 0 radical (unpaired) electrons. The van der Waals surface area contributed by atoms with Crippen LogP contribution in [-0.2, 0) is 9.63 Å². The van der Waals surface area contributed by atoms with Crippen LogP contribution in [0.3, 0.4) is 0 Å². The first-order chi connectivity index (χ1) is 10.3. The maximum atomic E-state index is 11.0. The van der Waals surface area contributed by atoms with Crippen LogP contribution in [0.15, 0.2) is 54.6 Å². The summed E-state index contributed by atoms with van der Waals surface area (Å²) in [5.41, 5.74) is 3.81. The van der Waals surface area contributed by atoms with E-state index in [9.17, 15) is 4.79 Å². The predicted octanol–water partition coefficient (Wildman–Crippen LogP) is 2.12. The van der Waals surface area contributed by atoms with Gasteiger partial charge in [-0.15, -0.1) is 0 Å². The van der Waals surface area contributed by atoms with Gasteiger partial charge in [-0.05, 0) is 36.4 Å².